The number of nitrogens with zero attached hydrogens (tertiary/aromatic N) is 5. The Balaban J connectivity index is 0.923. The van der Waals surface area contributed by atoms with Crippen molar-refractivity contribution < 1.29 is 18.8 Å². The number of carbonyl (C=O) groups is 3. The van der Waals surface area contributed by atoms with Gasteiger partial charge in [0.2, 0.25) is 11.8 Å². The van der Waals surface area contributed by atoms with Gasteiger partial charge in [-0.25, -0.2) is 9.07 Å². The fourth-order valence-electron chi connectivity index (χ4n) is 8.96. The van der Waals surface area contributed by atoms with Gasteiger partial charge in [0.15, 0.2) is 0 Å². The molecule has 3 atom stereocenters. The lowest BCUT2D eigenvalue weighted by Crippen LogP contribution is -2.48. The monoisotopic (exact) mass is 711 g/mol. The Hall–Kier alpha value is -4.58. The number of likely N-dealkylation sites (tertiary alicyclic amines) is 2. The molecule has 3 unspecified atom stereocenters. The highest BCUT2D eigenvalue weighted by Gasteiger charge is 2.39. The molecule has 2 aromatic carbocycles. The van der Waals surface area contributed by atoms with Crippen LogP contribution in [0, 0.1) is 25.1 Å². The summed E-state index contributed by atoms with van der Waals surface area (Å²) in [6.45, 7) is 8.45. The Kier molecular flexibility index (Phi) is 9.95. The van der Waals surface area contributed by atoms with Gasteiger partial charge in [0.05, 0.1) is 23.5 Å². The number of rotatable bonds is 6. The molecule has 1 spiro atoms. The summed E-state index contributed by atoms with van der Waals surface area (Å²) in [6.07, 6.45) is 7.06. The number of hydrogen-bond donors (Lipinski definition) is 2. The summed E-state index contributed by atoms with van der Waals surface area (Å²) in [7, 11) is 3.77. The van der Waals surface area contributed by atoms with Crippen molar-refractivity contribution in [1.82, 2.24) is 24.9 Å². The maximum Gasteiger partial charge on any atom is 0.271 e. The quantitative estimate of drug-likeness (QED) is 0.360. The lowest BCUT2D eigenvalue weighted by molar-refractivity contribution is -0.134. The smallest absolute Gasteiger partial charge is 0.271 e. The van der Waals surface area contributed by atoms with Crippen LogP contribution < -0.4 is 21.1 Å². The van der Waals surface area contributed by atoms with E-state index in [9.17, 15) is 19.2 Å². The van der Waals surface area contributed by atoms with Crippen molar-refractivity contribution in [1.29, 1.82) is 0 Å². The number of carbonyl (C=O) groups excluding carboxylic acids is 3. The van der Waals surface area contributed by atoms with E-state index in [1.807, 2.05) is 36.9 Å². The van der Waals surface area contributed by atoms with Gasteiger partial charge in [-0.1, -0.05) is 12.1 Å². The molecule has 11 nitrogen and oxygen atoms in total. The molecule has 4 fully saturated rings. The highest BCUT2D eigenvalue weighted by atomic mass is 19.1. The Morgan fingerprint density at radius 3 is 2.35 bits per heavy atom. The highest BCUT2D eigenvalue weighted by Crippen LogP contribution is 2.43. The van der Waals surface area contributed by atoms with Crippen LogP contribution in [0.25, 0.3) is 0 Å². The first-order chi connectivity index (χ1) is 24.9. The van der Waals surface area contributed by atoms with E-state index in [2.05, 4.69) is 44.7 Å². The van der Waals surface area contributed by atoms with Gasteiger partial charge in [0.25, 0.3) is 11.5 Å². The maximum atomic E-state index is 15.5. The van der Waals surface area contributed by atoms with Crippen LogP contribution in [0.15, 0.2) is 47.4 Å². The van der Waals surface area contributed by atoms with Crippen molar-refractivity contribution in [3.05, 3.63) is 86.6 Å². The van der Waals surface area contributed by atoms with Crippen molar-refractivity contribution in [2.24, 2.45) is 12.5 Å². The molecule has 0 aliphatic carbocycles. The van der Waals surface area contributed by atoms with Gasteiger partial charge in [0.1, 0.15) is 5.82 Å². The molecule has 7 rings (SSSR count). The summed E-state index contributed by atoms with van der Waals surface area (Å²) < 4.78 is 16.8. The number of imide groups is 1. The molecule has 5 heterocycles. The van der Waals surface area contributed by atoms with E-state index in [0.717, 1.165) is 69.5 Å². The highest BCUT2D eigenvalue weighted by molar-refractivity contribution is 6.01. The second-order valence-electron chi connectivity index (χ2n) is 15.7. The van der Waals surface area contributed by atoms with Crippen molar-refractivity contribution in [3.8, 4) is 0 Å². The van der Waals surface area contributed by atoms with E-state index < -0.39 is 5.92 Å². The summed E-state index contributed by atoms with van der Waals surface area (Å²) in [5.41, 5.74) is 5.50. The Bertz CT molecular complexity index is 1910. The van der Waals surface area contributed by atoms with Crippen molar-refractivity contribution >= 4 is 29.1 Å². The van der Waals surface area contributed by atoms with E-state index >= 15 is 4.39 Å². The first kappa shape index (κ1) is 35.8. The summed E-state index contributed by atoms with van der Waals surface area (Å²) in [5.74, 6) is -1.09. The molecule has 276 valence electrons. The summed E-state index contributed by atoms with van der Waals surface area (Å²) in [5, 5.41) is 10.1. The number of piperidine rings is 4. The minimum atomic E-state index is -0.506. The van der Waals surface area contributed by atoms with Crippen LogP contribution in [0.4, 0.5) is 15.8 Å². The van der Waals surface area contributed by atoms with Gasteiger partial charge in [-0.15, -0.1) is 0 Å². The third-order valence-electron chi connectivity index (χ3n) is 12.2. The zero-order chi connectivity index (χ0) is 36.7. The van der Waals surface area contributed by atoms with Gasteiger partial charge in [-0.3, -0.25) is 24.5 Å². The second kappa shape index (κ2) is 14.4. The third kappa shape index (κ3) is 7.22. The number of hydrogen-bond acceptors (Lipinski definition) is 8. The zero-order valence-corrected chi connectivity index (χ0v) is 30.7. The van der Waals surface area contributed by atoms with Crippen LogP contribution >= 0.6 is 0 Å². The van der Waals surface area contributed by atoms with Gasteiger partial charge < -0.3 is 20.0 Å². The average molecular weight is 712 g/mol. The number of halogens is 1. The summed E-state index contributed by atoms with van der Waals surface area (Å²) in [6, 6.07) is 11.6. The summed E-state index contributed by atoms with van der Waals surface area (Å²) >= 11 is 0. The number of nitrogens with one attached hydrogen (secondary N) is 2. The van der Waals surface area contributed by atoms with E-state index in [1.165, 1.54) is 16.3 Å². The largest absolute Gasteiger partial charge is 0.379 e. The maximum absolute atomic E-state index is 15.5. The average Bonchev–Trinajstić information content (AvgIpc) is 3.13. The third-order valence-corrected chi connectivity index (χ3v) is 12.2. The molecular weight excluding hydrogens is 661 g/mol. The first-order valence-corrected chi connectivity index (χ1v) is 18.7. The van der Waals surface area contributed by atoms with E-state index in [-0.39, 0.29) is 47.0 Å². The van der Waals surface area contributed by atoms with Crippen LogP contribution in [0.5, 0.6) is 0 Å². The predicted molar refractivity (Wildman–Crippen MR) is 198 cm³/mol. The molecule has 1 aromatic heterocycles. The molecular formula is C40H50FN7O4. The lowest BCUT2D eigenvalue weighted by Gasteiger charge is -2.47. The molecule has 4 aliphatic heterocycles. The van der Waals surface area contributed by atoms with Gasteiger partial charge in [-0.2, -0.15) is 5.10 Å². The van der Waals surface area contributed by atoms with Crippen LogP contribution in [-0.2, 0) is 16.6 Å². The fourth-order valence-corrected chi connectivity index (χ4v) is 8.96. The van der Waals surface area contributed by atoms with Crippen molar-refractivity contribution in [3.63, 3.8) is 0 Å². The number of aromatic nitrogens is 2. The molecule has 2 N–H and O–H groups in total. The molecule has 4 saturated heterocycles. The normalized spacial score (nSPS) is 23.8. The zero-order valence-electron chi connectivity index (χ0n) is 30.7. The number of likely N-dealkylation sites (N-methyl/N-ethyl adjacent to an activating group) is 1. The Labute approximate surface area is 304 Å². The second-order valence-corrected chi connectivity index (χ2v) is 15.7. The molecule has 0 saturated carbocycles. The molecule has 0 radical (unpaired) electrons. The molecule has 12 heteroatoms. The van der Waals surface area contributed by atoms with E-state index in [0.29, 0.717) is 47.8 Å². The molecule has 0 bridgehead atoms. The van der Waals surface area contributed by atoms with Crippen molar-refractivity contribution in [2.75, 3.05) is 56.5 Å². The molecule has 3 amide bonds. The first-order valence-electron chi connectivity index (χ1n) is 18.7. The van der Waals surface area contributed by atoms with Gasteiger partial charge in [-0.05, 0) is 112 Å². The minimum absolute atomic E-state index is 0.0708. The molecule has 4 aliphatic rings. The van der Waals surface area contributed by atoms with Crippen molar-refractivity contribution in [2.45, 2.75) is 76.7 Å². The van der Waals surface area contributed by atoms with Gasteiger partial charge >= 0.3 is 0 Å². The Morgan fingerprint density at radius 1 is 0.962 bits per heavy atom. The van der Waals surface area contributed by atoms with Crippen LogP contribution in [-0.4, -0.2) is 89.7 Å². The SMILES string of the molecule is Cc1cc(N2CCC3(CCN(C(=O)c4ccc(C5CC(Nc6cnn(C)c(=O)c6C)CN(C)C5)cc4)CC3)CC2)c(F)cc1C1CCC(=O)NC1=O. The standard InChI is InChI=1S/C40H50FN7O4/c1-25-19-35(33(41)21-32(25)31-9-10-36(49)44-37(31)50)47-15-11-40(12-16-47)13-17-48(18-14-40)39(52)28-7-5-27(6-8-28)29-20-30(24-45(3)23-29)43-34-22-42-46(4)38(51)26(34)2/h5-8,19,21-22,29-31,43H,9-18,20,23-24H2,1-4H3,(H,44,49,50). The number of anilines is 2. The fraction of sp³-hybridized carbons (Fsp3) is 0.525. The lowest BCUT2D eigenvalue weighted by atomic mass is 9.71. The molecule has 52 heavy (non-hydrogen) atoms. The number of amides is 3. The van der Waals surface area contributed by atoms with E-state index in [4.69, 9.17) is 0 Å². The Morgan fingerprint density at radius 2 is 1.65 bits per heavy atom. The van der Waals surface area contributed by atoms with Crippen LogP contribution in [0.1, 0.15) is 89.4 Å². The minimum Gasteiger partial charge on any atom is -0.379 e. The van der Waals surface area contributed by atoms with Gasteiger partial charge in [0, 0.05) is 69.9 Å². The number of aryl methyl sites for hydroxylation is 2. The number of benzene rings is 2. The van der Waals surface area contributed by atoms with Crippen LogP contribution in [0.2, 0.25) is 0 Å². The predicted octanol–water partition coefficient (Wildman–Crippen LogP) is 4.48. The van der Waals surface area contributed by atoms with E-state index in [1.54, 1.807) is 13.2 Å². The molecule has 3 aromatic rings. The summed E-state index contributed by atoms with van der Waals surface area (Å²) in [4.78, 5) is 56.5. The van der Waals surface area contributed by atoms with Crippen LogP contribution in [0.3, 0.4) is 0 Å². The topological polar surface area (TPSA) is 120 Å².